The first-order valence-electron chi connectivity index (χ1n) is 3.51. The summed E-state index contributed by atoms with van der Waals surface area (Å²) in [4.78, 5) is 21.5. The van der Waals surface area contributed by atoms with Gasteiger partial charge in [-0.25, -0.2) is 4.39 Å². The normalized spacial score (nSPS) is 9.77. The van der Waals surface area contributed by atoms with Crippen LogP contribution in [0.3, 0.4) is 0 Å². The topological polar surface area (TPSA) is 34.1 Å². The molecule has 0 aliphatic carbocycles. The first-order valence-corrected chi connectivity index (χ1v) is 4.59. The van der Waals surface area contributed by atoms with Gasteiger partial charge in [-0.2, -0.15) is 0 Å². The van der Waals surface area contributed by atoms with Crippen molar-refractivity contribution in [3.8, 4) is 0 Å². The smallest absolute Gasteiger partial charge is 0.160 e. The second-order valence-electron chi connectivity index (χ2n) is 2.53. The van der Waals surface area contributed by atoms with Gasteiger partial charge in [0.1, 0.15) is 5.82 Å². The molecule has 0 atom stereocenters. The molecular formula is C9H6FIO2. The minimum Gasteiger partial charge on any atom is -0.298 e. The van der Waals surface area contributed by atoms with Gasteiger partial charge in [-0.05, 0) is 41.6 Å². The van der Waals surface area contributed by atoms with E-state index in [-0.39, 0.29) is 16.9 Å². The number of hydrogen-bond acceptors (Lipinski definition) is 2. The quantitative estimate of drug-likeness (QED) is 0.476. The molecule has 4 heteroatoms. The van der Waals surface area contributed by atoms with Crippen LogP contribution in [-0.2, 0) is 0 Å². The Labute approximate surface area is 88.3 Å². The molecule has 0 fully saturated rings. The van der Waals surface area contributed by atoms with Crippen LogP contribution in [0.25, 0.3) is 0 Å². The van der Waals surface area contributed by atoms with Crippen molar-refractivity contribution in [3.05, 3.63) is 32.6 Å². The van der Waals surface area contributed by atoms with Gasteiger partial charge in [-0.3, -0.25) is 9.59 Å². The fraction of sp³-hybridized carbons (Fsp3) is 0.111. The number of hydrogen-bond donors (Lipinski definition) is 0. The van der Waals surface area contributed by atoms with E-state index in [4.69, 9.17) is 0 Å². The van der Waals surface area contributed by atoms with Gasteiger partial charge in [0.25, 0.3) is 0 Å². The van der Waals surface area contributed by atoms with E-state index in [0.29, 0.717) is 9.86 Å². The van der Waals surface area contributed by atoms with Crippen LogP contribution in [-0.4, -0.2) is 12.1 Å². The Morgan fingerprint density at radius 3 is 2.62 bits per heavy atom. The van der Waals surface area contributed by atoms with Gasteiger partial charge in [0.2, 0.25) is 0 Å². The average molecular weight is 292 g/mol. The zero-order chi connectivity index (χ0) is 10.0. The van der Waals surface area contributed by atoms with E-state index in [1.54, 1.807) is 22.6 Å². The Balaban J connectivity index is 3.41. The monoisotopic (exact) mass is 292 g/mol. The lowest BCUT2D eigenvalue weighted by Gasteiger charge is -2.01. The number of benzene rings is 1. The predicted octanol–water partition coefficient (Wildman–Crippen LogP) is 2.45. The molecule has 0 radical (unpaired) electrons. The van der Waals surface area contributed by atoms with Crippen molar-refractivity contribution >= 4 is 34.7 Å². The molecule has 0 spiro atoms. The first kappa shape index (κ1) is 10.3. The molecule has 0 heterocycles. The van der Waals surface area contributed by atoms with Crippen LogP contribution in [0.4, 0.5) is 4.39 Å². The van der Waals surface area contributed by atoms with E-state index in [1.807, 2.05) is 0 Å². The Hall–Kier alpha value is -0.780. The van der Waals surface area contributed by atoms with E-state index in [1.165, 1.54) is 13.0 Å². The third-order valence-electron chi connectivity index (χ3n) is 1.60. The van der Waals surface area contributed by atoms with Gasteiger partial charge in [-0.1, -0.05) is 0 Å². The molecule has 68 valence electrons. The average Bonchev–Trinajstić information content (AvgIpc) is 2.08. The van der Waals surface area contributed by atoms with E-state index in [9.17, 15) is 14.0 Å². The molecule has 1 aromatic carbocycles. The minimum atomic E-state index is -0.476. The van der Waals surface area contributed by atoms with Crippen LogP contribution in [0.15, 0.2) is 12.1 Å². The Bertz CT molecular complexity index is 374. The van der Waals surface area contributed by atoms with Crippen LogP contribution in [0.5, 0.6) is 0 Å². The summed E-state index contributed by atoms with van der Waals surface area (Å²) in [7, 11) is 0. The standard InChI is InChI=1S/C9H6FIO2/c1-5(13)7-3-8(10)9(11)2-6(7)4-12/h2-4H,1H3. The molecule has 13 heavy (non-hydrogen) atoms. The molecule has 0 saturated carbocycles. The summed E-state index contributed by atoms with van der Waals surface area (Å²) < 4.78 is 13.3. The summed E-state index contributed by atoms with van der Waals surface area (Å²) in [5.41, 5.74) is 0.367. The van der Waals surface area contributed by atoms with Crippen LogP contribution in [0.2, 0.25) is 0 Å². The summed E-state index contributed by atoms with van der Waals surface area (Å²) in [5, 5.41) is 0. The lowest BCUT2D eigenvalue weighted by molar-refractivity contribution is 0.100. The van der Waals surface area contributed by atoms with Crippen molar-refractivity contribution in [3.63, 3.8) is 0 Å². The fourth-order valence-corrected chi connectivity index (χ4v) is 1.46. The second kappa shape index (κ2) is 3.95. The van der Waals surface area contributed by atoms with E-state index in [0.717, 1.165) is 6.07 Å². The molecule has 1 rings (SSSR count). The van der Waals surface area contributed by atoms with E-state index < -0.39 is 5.82 Å². The summed E-state index contributed by atoms with van der Waals surface area (Å²) in [6.45, 7) is 1.30. The lowest BCUT2D eigenvalue weighted by atomic mass is 10.1. The maximum Gasteiger partial charge on any atom is 0.160 e. The predicted molar refractivity (Wildman–Crippen MR) is 54.5 cm³/mol. The molecule has 0 aliphatic rings. The highest BCUT2D eigenvalue weighted by Crippen LogP contribution is 2.16. The maximum atomic E-state index is 13.0. The number of halogens is 2. The van der Waals surface area contributed by atoms with Crippen LogP contribution >= 0.6 is 22.6 Å². The molecule has 0 aromatic heterocycles. The molecule has 0 N–H and O–H groups in total. The van der Waals surface area contributed by atoms with Gasteiger partial charge < -0.3 is 0 Å². The van der Waals surface area contributed by atoms with Gasteiger partial charge in [-0.15, -0.1) is 0 Å². The van der Waals surface area contributed by atoms with Crippen LogP contribution < -0.4 is 0 Å². The Morgan fingerprint density at radius 1 is 1.54 bits per heavy atom. The zero-order valence-electron chi connectivity index (χ0n) is 6.80. The fourth-order valence-electron chi connectivity index (χ4n) is 0.965. The van der Waals surface area contributed by atoms with Crippen molar-refractivity contribution in [2.24, 2.45) is 0 Å². The molecular weight excluding hydrogens is 286 g/mol. The SMILES string of the molecule is CC(=O)c1cc(F)c(I)cc1C=O. The number of carbonyl (C=O) groups is 2. The second-order valence-corrected chi connectivity index (χ2v) is 3.69. The summed E-state index contributed by atoms with van der Waals surface area (Å²) in [6.07, 6.45) is 0.554. The Kier molecular flexibility index (Phi) is 3.13. The van der Waals surface area contributed by atoms with Gasteiger partial charge in [0.15, 0.2) is 12.1 Å². The van der Waals surface area contributed by atoms with Crippen molar-refractivity contribution < 1.29 is 14.0 Å². The highest BCUT2D eigenvalue weighted by Gasteiger charge is 2.10. The number of carbonyl (C=O) groups excluding carboxylic acids is 2. The summed E-state index contributed by atoms with van der Waals surface area (Å²) in [5.74, 6) is -0.784. The number of rotatable bonds is 2. The highest BCUT2D eigenvalue weighted by molar-refractivity contribution is 14.1. The van der Waals surface area contributed by atoms with Crippen molar-refractivity contribution in [2.45, 2.75) is 6.92 Å². The third kappa shape index (κ3) is 2.12. The number of Topliss-reactive ketones (excluding diaryl/α,β-unsaturated/α-hetero) is 1. The van der Waals surface area contributed by atoms with E-state index in [2.05, 4.69) is 0 Å². The number of aldehydes is 1. The van der Waals surface area contributed by atoms with Crippen molar-refractivity contribution in [1.29, 1.82) is 0 Å². The largest absolute Gasteiger partial charge is 0.298 e. The van der Waals surface area contributed by atoms with Gasteiger partial charge >= 0.3 is 0 Å². The highest BCUT2D eigenvalue weighted by atomic mass is 127. The summed E-state index contributed by atoms with van der Waals surface area (Å²) in [6, 6.07) is 2.45. The van der Waals surface area contributed by atoms with Crippen molar-refractivity contribution in [2.75, 3.05) is 0 Å². The molecule has 0 amide bonds. The van der Waals surface area contributed by atoms with Crippen molar-refractivity contribution in [1.82, 2.24) is 0 Å². The molecule has 0 unspecified atom stereocenters. The van der Waals surface area contributed by atoms with Gasteiger partial charge in [0.05, 0.1) is 0 Å². The first-order chi connectivity index (χ1) is 6.06. The Morgan fingerprint density at radius 2 is 2.15 bits per heavy atom. The maximum absolute atomic E-state index is 13.0. The molecule has 0 saturated heterocycles. The molecule has 1 aromatic rings. The van der Waals surface area contributed by atoms with Crippen LogP contribution in [0, 0.1) is 9.39 Å². The lowest BCUT2D eigenvalue weighted by Crippen LogP contribution is -2.01. The third-order valence-corrected chi connectivity index (χ3v) is 2.43. The van der Waals surface area contributed by atoms with Crippen LogP contribution in [0.1, 0.15) is 27.6 Å². The zero-order valence-corrected chi connectivity index (χ0v) is 8.96. The summed E-state index contributed by atoms with van der Waals surface area (Å²) >= 11 is 1.77. The molecule has 2 nitrogen and oxygen atoms in total. The molecule has 0 bridgehead atoms. The molecule has 0 aliphatic heterocycles. The minimum absolute atomic E-state index is 0.132. The van der Waals surface area contributed by atoms with E-state index >= 15 is 0 Å². The van der Waals surface area contributed by atoms with Gasteiger partial charge in [0, 0.05) is 14.7 Å². The number of ketones is 1.